The average molecular weight is 265 g/mol. The van der Waals surface area contributed by atoms with E-state index in [0.29, 0.717) is 0 Å². The van der Waals surface area contributed by atoms with E-state index in [-0.39, 0.29) is 18.1 Å². The third kappa shape index (κ3) is 5.02. The van der Waals surface area contributed by atoms with Crippen molar-refractivity contribution in [2.75, 3.05) is 0 Å². The molecule has 1 rings (SSSR count). The van der Waals surface area contributed by atoms with Crippen molar-refractivity contribution >= 4 is 14.2 Å². The maximum atomic E-state index is 11.2. The minimum atomic E-state index is -1.67. The van der Waals surface area contributed by atoms with Crippen molar-refractivity contribution in [2.45, 2.75) is 45.6 Å². The van der Waals surface area contributed by atoms with Gasteiger partial charge in [-0.25, -0.2) is 0 Å². The summed E-state index contributed by atoms with van der Waals surface area (Å²) in [4.78, 5) is 11.2. The van der Waals surface area contributed by atoms with E-state index < -0.39 is 8.32 Å². The number of rotatable bonds is 5. The fraction of sp³-hybridized carbons (Fsp3) is 0.500. The molecule has 0 saturated heterocycles. The summed E-state index contributed by atoms with van der Waals surface area (Å²) in [5.74, 6) is -0.0254. The average Bonchev–Trinajstić information content (AvgIpc) is 2.25. The molecule has 0 radical (unpaired) electrons. The highest BCUT2D eigenvalue weighted by Gasteiger charge is 2.27. The van der Waals surface area contributed by atoms with Crippen LogP contribution in [0, 0.1) is 0 Å². The number of carbonyl (C=O) groups is 1. The normalized spacial score (nSPS) is 14.9. The third-order valence-corrected chi connectivity index (χ3v) is 3.45. The van der Waals surface area contributed by atoms with Crippen LogP contribution in [0.3, 0.4) is 0 Å². The first-order valence-electron chi connectivity index (χ1n) is 6.29. The topological polar surface area (TPSA) is 38.3 Å². The van der Waals surface area contributed by atoms with Crippen LogP contribution >= 0.6 is 0 Å². The smallest absolute Gasteiger partial charge is 0.217 e. The Labute approximate surface area is 111 Å². The second-order valence-electron chi connectivity index (χ2n) is 5.55. The number of carbonyl (C=O) groups excluding carboxylic acids is 1. The van der Waals surface area contributed by atoms with Gasteiger partial charge in [-0.3, -0.25) is 4.79 Å². The molecule has 1 aromatic carbocycles. The molecule has 4 heteroatoms. The molecule has 18 heavy (non-hydrogen) atoms. The van der Waals surface area contributed by atoms with Gasteiger partial charge in [-0.05, 0) is 32.1 Å². The zero-order valence-electron chi connectivity index (χ0n) is 11.9. The van der Waals surface area contributed by atoms with Gasteiger partial charge in [0, 0.05) is 6.92 Å². The highest BCUT2D eigenvalue weighted by molar-refractivity contribution is 6.69. The van der Waals surface area contributed by atoms with E-state index in [1.54, 1.807) is 0 Å². The van der Waals surface area contributed by atoms with Crippen LogP contribution in [-0.2, 0) is 9.22 Å². The quantitative estimate of drug-likeness (QED) is 0.831. The van der Waals surface area contributed by atoms with E-state index in [2.05, 4.69) is 25.0 Å². The van der Waals surface area contributed by atoms with E-state index in [1.807, 2.05) is 37.3 Å². The molecule has 0 fully saturated rings. The molecule has 3 nitrogen and oxygen atoms in total. The Hall–Kier alpha value is -1.13. The Morgan fingerprint density at radius 1 is 1.22 bits per heavy atom. The molecule has 0 unspecified atom stereocenters. The van der Waals surface area contributed by atoms with Gasteiger partial charge < -0.3 is 9.74 Å². The van der Waals surface area contributed by atoms with Crippen LogP contribution in [-0.4, -0.2) is 20.3 Å². The predicted molar refractivity (Wildman–Crippen MR) is 76.9 cm³/mol. The van der Waals surface area contributed by atoms with Crippen LogP contribution in [0.15, 0.2) is 30.3 Å². The molecule has 100 valence electrons. The lowest BCUT2D eigenvalue weighted by molar-refractivity contribution is -0.120. The Kier molecular flexibility index (Phi) is 5.11. The van der Waals surface area contributed by atoms with Gasteiger partial charge in [-0.2, -0.15) is 0 Å². The minimum Gasteiger partial charge on any atom is -0.409 e. The van der Waals surface area contributed by atoms with Gasteiger partial charge in [0.05, 0.1) is 12.1 Å². The van der Waals surface area contributed by atoms with Crippen molar-refractivity contribution in [3.05, 3.63) is 35.9 Å². The fourth-order valence-corrected chi connectivity index (χ4v) is 2.98. The van der Waals surface area contributed by atoms with Gasteiger partial charge in [-0.1, -0.05) is 30.3 Å². The molecular formula is C14H23NO2Si. The van der Waals surface area contributed by atoms with E-state index in [1.165, 1.54) is 6.92 Å². The monoisotopic (exact) mass is 265 g/mol. The Balaban J connectivity index is 2.92. The van der Waals surface area contributed by atoms with Crippen molar-refractivity contribution in [1.82, 2.24) is 5.32 Å². The second kappa shape index (κ2) is 6.16. The zero-order chi connectivity index (χ0) is 13.8. The van der Waals surface area contributed by atoms with Crippen LogP contribution in [0.4, 0.5) is 0 Å². The SMILES string of the molecule is CC(=O)N[C@H](C)[C@H](O[Si](C)(C)C)c1ccccc1. The standard InChI is InChI=1S/C14H23NO2Si/c1-11(15-12(2)16)14(17-18(3,4)5)13-9-7-6-8-10-13/h6-11,14H,1-5H3,(H,15,16)/t11-,14+/m1/s1. The van der Waals surface area contributed by atoms with Crippen molar-refractivity contribution in [1.29, 1.82) is 0 Å². The molecule has 0 aliphatic carbocycles. The van der Waals surface area contributed by atoms with Crippen molar-refractivity contribution in [3.63, 3.8) is 0 Å². The molecule has 0 aliphatic heterocycles. The molecule has 0 heterocycles. The molecule has 2 atom stereocenters. The lowest BCUT2D eigenvalue weighted by atomic mass is 10.0. The Bertz CT molecular complexity index is 387. The van der Waals surface area contributed by atoms with Gasteiger partial charge in [0.25, 0.3) is 0 Å². The van der Waals surface area contributed by atoms with Crippen molar-refractivity contribution < 1.29 is 9.22 Å². The lowest BCUT2D eigenvalue weighted by Crippen LogP contribution is -2.41. The Morgan fingerprint density at radius 2 is 1.78 bits per heavy atom. The summed E-state index contributed by atoms with van der Waals surface area (Å²) < 4.78 is 6.21. The molecular weight excluding hydrogens is 242 g/mol. The van der Waals surface area contributed by atoms with Crippen molar-refractivity contribution in [2.24, 2.45) is 0 Å². The van der Waals surface area contributed by atoms with Crippen LogP contribution in [0.2, 0.25) is 19.6 Å². The molecule has 1 amide bonds. The number of nitrogens with one attached hydrogen (secondary N) is 1. The minimum absolute atomic E-state index is 0.0254. The number of amides is 1. The maximum absolute atomic E-state index is 11.2. The molecule has 0 bridgehead atoms. The number of hydrogen-bond acceptors (Lipinski definition) is 2. The number of benzene rings is 1. The van der Waals surface area contributed by atoms with Gasteiger partial charge in [0.15, 0.2) is 8.32 Å². The van der Waals surface area contributed by atoms with E-state index >= 15 is 0 Å². The summed E-state index contributed by atoms with van der Waals surface area (Å²) in [5, 5.41) is 2.92. The van der Waals surface area contributed by atoms with Crippen LogP contribution < -0.4 is 5.32 Å². The summed E-state index contributed by atoms with van der Waals surface area (Å²) >= 11 is 0. The van der Waals surface area contributed by atoms with Crippen LogP contribution in [0.1, 0.15) is 25.5 Å². The maximum Gasteiger partial charge on any atom is 0.217 e. The first-order chi connectivity index (χ1) is 8.29. The van der Waals surface area contributed by atoms with Gasteiger partial charge in [0.1, 0.15) is 0 Å². The summed E-state index contributed by atoms with van der Waals surface area (Å²) in [7, 11) is -1.67. The van der Waals surface area contributed by atoms with Crippen LogP contribution in [0.25, 0.3) is 0 Å². The highest BCUT2D eigenvalue weighted by atomic mass is 28.4. The molecule has 0 aliphatic rings. The van der Waals surface area contributed by atoms with Crippen LogP contribution in [0.5, 0.6) is 0 Å². The fourth-order valence-electron chi connectivity index (χ4n) is 1.88. The van der Waals surface area contributed by atoms with Gasteiger partial charge in [-0.15, -0.1) is 0 Å². The first kappa shape index (κ1) is 14.9. The van der Waals surface area contributed by atoms with Gasteiger partial charge in [0.2, 0.25) is 5.91 Å². The number of hydrogen-bond donors (Lipinski definition) is 1. The third-order valence-electron chi connectivity index (χ3n) is 2.49. The lowest BCUT2D eigenvalue weighted by Gasteiger charge is -2.31. The summed E-state index contributed by atoms with van der Waals surface area (Å²) in [6.45, 7) is 9.99. The summed E-state index contributed by atoms with van der Waals surface area (Å²) in [5.41, 5.74) is 1.11. The predicted octanol–water partition coefficient (Wildman–Crippen LogP) is 3.10. The first-order valence-corrected chi connectivity index (χ1v) is 9.70. The molecule has 0 saturated carbocycles. The van der Waals surface area contributed by atoms with E-state index in [0.717, 1.165) is 5.56 Å². The molecule has 1 N–H and O–H groups in total. The van der Waals surface area contributed by atoms with Crippen molar-refractivity contribution in [3.8, 4) is 0 Å². The summed E-state index contributed by atoms with van der Waals surface area (Å²) in [6.07, 6.45) is -0.0817. The summed E-state index contributed by atoms with van der Waals surface area (Å²) in [6, 6.07) is 10.0. The van der Waals surface area contributed by atoms with E-state index in [4.69, 9.17) is 4.43 Å². The molecule has 0 aromatic heterocycles. The highest BCUT2D eigenvalue weighted by Crippen LogP contribution is 2.25. The van der Waals surface area contributed by atoms with Gasteiger partial charge >= 0.3 is 0 Å². The largest absolute Gasteiger partial charge is 0.409 e. The molecule has 1 aromatic rings. The zero-order valence-corrected chi connectivity index (χ0v) is 12.9. The Morgan fingerprint density at radius 3 is 2.22 bits per heavy atom. The molecule has 0 spiro atoms. The van der Waals surface area contributed by atoms with E-state index in [9.17, 15) is 4.79 Å². The second-order valence-corrected chi connectivity index (χ2v) is 10.0.